The van der Waals surface area contributed by atoms with Gasteiger partial charge < -0.3 is 9.47 Å². The molecule has 0 saturated carbocycles. The molecule has 0 aliphatic rings. The highest BCUT2D eigenvalue weighted by Crippen LogP contribution is 2.33. The predicted octanol–water partition coefficient (Wildman–Crippen LogP) is 3.75. The van der Waals surface area contributed by atoms with Crippen molar-refractivity contribution in [2.45, 2.75) is 19.9 Å². The molecule has 0 aliphatic heterocycles. The molecule has 0 spiro atoms. The normalized spacial score (nSPS) is 12.5. The zero-order chi connectivity index (χ0) is 19.1. The minimum Gasteiger partial charge on any atom is -0.493 e. The fraction of sp³-hybridized carbons (Fsp3) is 0.294. The van der Waals surface area contributed by atoms with Crippen molar-refractivity contribution in [3.63, 3.8) is 0 Å². The van der Waals surface area contributed by atoms with Crippen LogP contribution in [0.4, 0.5) is 0 Å². The Kier molecular flexibility index (Phi) is 4.60. The van der Waals surface area contributed by atoms with E-state index in [1.807, 2.05) is 36.0 Å². The van der Waals surface area contributed by atoms with Crippen molar-refractivity contribution in [1.29, 1.82) is 0 Å². The number of benzene rings is 1. The average Bonchev–Trinajstić information content (AvgIpc) is 3.35. The van der Waals surface area contributed by atoms with Gasteiger partial charge in [-0.2, -0.15) is 14.7 Å². The van der Waals surface area contributed by atoms with Crippen LogP contribution < -0.4 is 9.47 Å². The Morgan fingerprint density at radius 3 is 2.56 bits per heavy atom. The standard InChI is InChI=1S/C17H17BrN6O2S/c1-9-12(18)8-23(21-9)10(2)16-22-24-15(19-20-17(24)27-16)11-5-6-13(25-3)14(7-11)26-4/h5-8,10H,1-4H3. The Bertz CT molecular complexity index is 1100. The molecule has 0 bridgehead atoms. The first-order chi connectivity index (χ1) is 13.0. The molecular weight excluding hydrogens is 432 g/mol. The van der Waals surface area contributed by atoms with Crippen LogP contribution in [-0.2, 0) is 0 Å². The van der Waals surface area contributed by atoms with E-state index >= 15 is 0 Å². The molecule has 1 aromatic carbocycles. The molecule has 0 fully saturated rings. The molecule has 4 rings (SSSR count). The number of nitrogens with zero attached hydrogens (tertiary/aromatic N) is 6. The van der Waals surface area contributed by atoms with Crippen molar-refractivity contribution in [2.24, 2.45) is 0 Å². The molecule has 8 nitrogen and oxygen atoms in total. The fourth-order valence-corrected chi connectivity index (χ4v) is 3.90. The van der Waals surface area contributed by atoms with Crippen LogP contribution in [0.1, 0.15) is 23.7 Å². The van der Waals surface area contributed by atoms with Crippen LogP contribution in [0, 0.1) is 6.92 Å². The maximum Gasteiger partial charge on any atom is 0.235 e. The molecule has 1 unspecified atom stereocenters. The number of hydrogen-bond acceptors (Lipinski definition) is 7. The lowest BCUT2D eigenvalue weighted by Crippen LogP contribution is -2.08. The monoisotopic (exact) mass is 448 g/mol. The van der Waals surface area contributed by atoms with E-state index in [0.29, 0.717) is 17.3 Å². The van der Waals surface area contributed by atoms with Crippen molar-refractivity contribution >= 4 is 32.2 Å². The summed E-state index contributed by atoms with van der Waals surface area (Å²) in [6.45, 7) is 4.02. The summed E-state index contributed by atoms with van der Waals surface area (Å²) in [4.78, 5) is 0.726. The van der Waals surface area contributed by atoms with E-state index in [1.165, 1.54) is 11.3 Å². The molecule has 0 N–H and O–H groups in total. The summed E-state index contributed by atoms with van der Waals surface area (Å²) in [5.74, 6) is 1.94. The Hall–Kier alpha value is -2.46. The third kappa shape index (κ3) is 3.08. The van der Waals surface area contributed by atoms with Crippen LogP contribution in [0.5, 0.6) is 11.5 Å². The van der Waals surface area contributed by atoms with Crippen LogP contribution in [-0.4, -0.2) is 43.8 Å². The molecule has 0 amide bonds. The lowest BCUT2D eigenvalue weighted by Gasteiger charge is -2.08. The number of aryl methyl sites for hydroxylation is 1. The van der Waals surface area contributed by atoms with Gasteiger partial charge in [-0.25, -0.2) is 0 Å². The molecule has 10 heteroatoms. The van der Waals surface area contributed by atoms with E-state index in [0.717, 1.165) is 25.7 Å². The van der Waals surface area contributed by atoms with E-state index < -0.39 is 0 Å². The van der Waals surface area contributed by atoms with Gasteiger partial charge in [0.05, 0.1) is 24.4 Å². The average molecular weight is 449 g/mol. The van der Waals surface area contributed by atoms with Crippen molar-refractivity contribution in [3.8, 4) is 22.9 Å². The van der Waals surface area contributed by atoms with Crippen molar-refractivity contribution in [1.82, 2.24) is 29.6 Å². The summed E-state index contributed by atoms with van der Waals surface area (Å²) in [6, 6.07) is 5.61. The smallest absolute Gasteiger partial charge is 0.235 e. The molecule has 0 radical (unpaired) electrons. The van der Waals surface area contributed by atoms with Crippen LogP contribution in [0.2, 0.25) is 0 Å². The lowest BCUT2D eigenvalue weighted by atomic mass is 10.2. The van der Waals surface area contributed by atoms with E-state index in [4.69, 9.17) is 14.6 Å². The second-order valence-corrected chi connectivity index (χ2v) is 7.79. The summed E-state index contributed by atoms with van der Waals surface area (Å²) >= 11 is 5.00. The van der Waals surface area contributed by atoms with Gasteiger partial charge >= 0.3 is 0 Å². The second-order valence-electron chi connectivity index (χ2n) is 5.95. The molecule has 27 heavy (non-hydrogen) atoms. The number of methoxy groups -OCH3 is 2. The molecule has 3 heterocycles. The number of rotatable bonds is 5. The quantitative estimate of drug-likeness (QED) is 0.462. The first kappa shape index (κ1) is 17.9. The summed E-state index contributed by atoms with van der Waals surface area (Å²) in [5.41, 5.74) is 1.79. The van der Waals surface area contributed by atoms with Gasteiger partial charge in [0.2, 0.25) is 4.96 Å². The van der Waals surface area contributed by atoms with Gasteiger partial charge in [0.15, 0.2) is 17.3 Å². The summed E-state index contributed by atoms with van der Waals surface area (Å²) in [5, 5.41) is 18.7. The Morgan fingerprint density at radius 1 is 1.11 bits per heavy atom. The van der Waals surface area contributed by atoms with Crippen LogP contribution in [0.3, 0.4) is 0 Å². The van der Waals surface area contributed by atoms with Crippen LogP contribution in [0.25, 0.3) is 16.3 Å². The third-order valence-electron chi connectivity index (χ3n) is 4.26. The Labute approximate surface area is 167 Å². The summed E-state index contributed by atoms with van der Waals surface area (Å²) in [6.07, 6.45) is 1.96. The summed E-state index contributed by atoms with van der Waals surface area (Å²) in [7, 11) is 3.21. The largest absolute Gasteiger partial charge is 0.493 e. The van der Waals surface area contributed by atoms with E-state index in [2.05, 4.69) is 38.1 Å². The zero-order valence-electron chi connectivity index (χ0n) is 15.2. The first-order valence-corrected chi connectivity index (χ1v) is 9.78. The maximum absolute atomic E-state index is 5.39. The van der Waals surface area contributed by atoms with E-state index in [1.54, 1.807) is 18.7 Å². The molecule has 140 valence electrons. The first-order valence-electron chi connectivity index (χ1n) is 8.17. The van der Waals surface area contributed by atoms with E-state index in [9.17, 15) is 0 Å². The highest BCUT2D eigenvalue weighted by Gasteiger charge is 2.20. The van der Waals surface area contributed by atoms with Crippen molar-refractivity contribution < 1.29 is 9.47 Å². The minimum atomic E-state index is -0.0139. The lowest BCUT2D eigenvalue weighted by molar-refractivity contribution is 0.355. The van der Waals surface area contributed by atoms with Crippen molar-refractivity contribution in [3.05, 3.63) is 39.6 Å². The molecule has 1 atom stereocenters. The van der Waals surface area contributed by atoms with Crippen LogP contribution >= 0.6 is 27.3 Å². The number of halogens is 1. The van der Waals surface area contributed by atoms with Gasteiger partial charge in [-0.15, -0.1) is 10.2 Å². The highest BCUT2D eigenvalue weighted by molar-refractivity contribution is 9.10. The number of fused-ring (bicyclic) bond motifs is 1. The molecular formula is C17H17BrN6O2S. The van der Waals surface area contributed by atoms with Gasteiger partial charge in [0.1, 0.15) is 11.0 Å². The number of aromatic nitrogens is 6. The Balaban J connectivity index is 1.74. The molecule has 3 aromatic heterocycles. The van der Waals surface area contributed by atoms with Gasteiger partial charge in [-0.3, -0.25) is 4.68 Å². The fourth-order valence-electron chi connectivity index (χ4n) is 2.73. The predicted molar refractivity (Wildman–Crippen MR) is 106 cm³/mol. The van der Waals surface area contributed by atoms with Gasteiger partial charge in [0.25, 0.3) is 0 Å². The molecule has 0 aliphatic carbocycles. The Morgan fingerprint density at radius 2 is 1.89 bits per heavy atom. The molecule has 4 aromatic rings. The van der Waals surface area contributed by atoms with Gasteiger partial charge in [0, 0.05) is 11.8 Å². The van der Waals surface area contributed by atoms with Gasteiger partial charge in [-0.05, 0) is 48.0 Å². The second kappa shape index (κ2) is 6.93. The minimum absolute atomic E-state index is 0.0139. The maximum atomic E-state index is 5.39. The third-order valence-corrected chi connectivity index (χ3v) is 6.11. The SMILES string of the molecule is COc1ccc(-c2nnc3sc(C(C)n4cc(Br)c(C)n4)nn23)cc1OC. The number of ether oxygens (including phenoxy) is 2. The number of hydrogen-bond donors (Lipinski definition) is 0. The highest BCUT2D eigenvalue weighted by atomic mass is 79.9. The topological polar surface area (TPSA) is 79.4 Å². The van der Waals surface area contributed by atoms with E-state index in [-0.39, 0.29) is 6.04 Å². The van der Waals surface area contributed by atoms with Crippen LogP contribution in [0.15, 0.2) is 28.9 Å². The zero-order valence-corrected chi connectivity index (χ0v) is 17.6. The molecule has 0 saturated heterocycles. The summed E-state index contributed by atoms with van der Waals surface area (Å²) < 4.78 is 15.3. The van der Waals surface area contributed by atoms with Gasteiger partial charge in [-0.1, -0.05) is 11.3 Å². The van der Waals surface area contributed by atoms with Crippen molar-refractivity contribution in [2.75, 3.05) is 14.2 Å².